The van der Waals surface area contributed by atoms with E-state index in [9.17, 15) is 0 Å². The van der Waals surface area contributed by atoms with Crippen molar-refractivity contribution in [3.63, 3.8) is 0 Å². The minimum Gasteiger partial charge on any atom is -0.316 e. The minimum absolute atomic E-state index is 0.525. The van der Waals surface area contributed by atoms with Crippen LogP contribution < -0.4 is 5.32 Å². The summed E-state index contributed by atoms with van der Waals surface area (Å²) in [5.41, 5.74) is 1.43. The Labute approximate surface area is 115 Å². The van der Waals surface area contributed by atoms with Gasteiger partial charge in [0.15, 0.2) is 0 Å². The number of likely N-dealkylation sites (N-methyl/N-ethyl adjacent to an activating group) is 1. The monoisotopic (exact) mass is 264 g/mol. The summed E-state index contributed by atoms with van der Waals surface area (Å²) in [6, 6.07) is 10.2. The predicted octanol–water partition coefficient (Wildman–Crippen LogP) is 3.15. The Morgan fingerprint density at radius 3 is 2.67 bits per heavy atom. The quantitative estimate of drug-likeness (QED) is 0.841. The lowest BCUT2D eigenvalue weighted by Gasteiger charge is -2.37. The van der Waals surface area contributed by atoms with Gasteiger partial charge in [-0.15, -0.1) is 11.8 Å². The van der Waals surface area contributed by atoms with E-state index in [4.69, 9.17) is 0 Å². The average molecular weight is 264 g/mol. The predicted molar refractivity (Wildman–Crippen MR) is 80.3 cm³/mol. The molecule has 100 valence electrons. The minimum atomic E-state index is 0.525. The third-order valence-corrected chi connectivity index (χ3v) is 4.75. The summed E-state index contributed by atoms with van der Waals surface area (Å²) in [7, 11) is 2.08. The molecule has 1 N–H and O–H groups in total. The molecule has 0 bridgehead atoms. The summed E-state index contributed by atoms with van der Waals surface area (Å²) >= 11 is 1.81. The molecule has 1 heterocycles. The molecule has 0 aromatic heterocycles. The van der Waals surface area contributed by atoms with Gasteiger partial charge in [0.2, 0.25) is 0 Å². The number of piperidine rings is 1. The van der Waals surface area contributed by atoms with Crippen LogP contribution in [0.2, 0.25) is 0 Å². The number of hydrogen-bond donors (Lipinski definition) is 1. The van der Waals surface area contributed by atoms with Gasteiger partial charge in [0.25, 0.3) is 0 Å². The van der Waals surface area contributed by atoms with Crippen LogP contribution in [-0.4, -0.2) is 37.3 Å². The Kier molecular flexibility index (Phi) is 5.10. The third-order valence-electron chi connectivity index (χ3n) is 4.01. The second-order valence-electron chi connectivity index (χ2n) is 5.07. The van der Waals surface area contributed by atoms with Crippen LogP contribution in [0.5, 0.6) is 0 Å². The van der Waals surface area contributed by atoms with E-state index in [2.05, 4.69) is 54.7 Å². The zero-order valence-corrected chi connectivity index (χ0v) is 12.5. The first-order valence-electron chi connectivity index (χ1n) is 6.80. The lowest BCUT2D eigenvalue weighted by atomic mass is 10.0. The van der Waals surface area contributed by atoms with Crippen LogP contribution >= 0.6 is 11.8 Å². The highest BCUT2D eigenvalue weighted by Crippen LogP contribution is 2.25. The summed E-state index contributed by atoms with van der Waals surface area (Å²) in [6.45, 7) is 4.72. The fourth-order valence-corrected chi connectivity index (χ4v) is 3.10. The number of nitrogens with one attached hydrogen (secondary N) is 1. The van der Waals surface area contributed by atoms with E-state index in [1.165, 1.54) is 36.4 Å². The molecule has 3 heteroatoms. The molecular formula is C15H24N2S. The van der Waals surface area contributed by atoms with Crippen LogP contribution in [0.3, 0.4) is 0 Å². The van der Waals surface area contributed by atoms with Crippen molar-refractivity contribution in [2.45, 2.75) is 36.7 Å². The smallest absolute Gasteiger partial charge is 0.0320 e. The molecule has 0 radical (unpaired) electrons. The molecule has 1 fully saturated rings. The van der Waals surface area contributed by atoms with Gasteiger partial charge in [-0.1, -0.05) is 12.1 Å². The highest BCUT2D eigenvalue weighted by Gasteiger charge is 2.23. The van der Waals surface area contributed by atoms with Crippen LogP contribution in [0.25, 0.3) is 0 Å². The third kappa shape index (κ3) is 3.28. The van der Waals surface area contributed by atoms with Crippen LogP contribution in [-0.2, 0) is 0 Å². The van der Waals surface area contributed by atoms with Crippen molar-refractivity contribution < 1.29 is 0 Å². The van der Waals surface area contributed by atoms with E-state index >= 15 is 0 Å². The lowest BCUT2D eigenvalue weighted by Crippen LogP contribution is -2.45. The molecule has 1 aromatic carbocycles. The normalized spacial score (nSPS) is 22.9. The van der Waals surface area contributed by atoms with Crippen LogP contribution in [0, 0.1) is 0 Å². The van der Waals surface area contributed by atoms with Gasteiger partial charge in [-0.25, -0.2) is 0 Å². The number of thioether (sulfide) groups is 1. The Balaban J connectivity index is 2.02. The van der Waals surface area contributed by atoms with Crippen LogP contribution in [0.4, 0.5) is 0 Å². The number of benzene rings is 1. The Bertz CT molecular complexity index is 363. The zero-order chi connectivity index (χ0) is 13.0. The fourth-order valence-electron chi connectivity index (χ4n) is 2.69. The molecule has 0 spiro atoms. The van der Waals surface area contributed by atoms with E-state index in [-0.39, 0.29) is 0 Å². The topological polar surface area (TPSA) is 15.3 Å². The molecule has 18 heavy (non-hydrogen) atoms. The van der Waals surface area contributed by atoms with Crippen molar-refractivity contribution in [3.05, 3.63) is 29.8 Å². The van der Waals surface area contributed by atoms with Gasteiger partial charge < -0.3 is 5.32 Å². The Morgan fingerprint density at radius 2 is 2.06 bits per heavy atom. The van der Waals surface area contributed by atoms with E-state index in [0.717, 1.165) is 0 Å². The van der Waals surface area contributed by atoms with Gasteiger partial charge in [0.1, 0.15) is 0 Å². The van der Waals surface area contributed by atoms with Gasteiger partial charge in [0, 0.05) is 23.5 Å². The maximum Gasteiger partial charge on any atom is 0.0320 e. The SMILES string of the molecule is CNC1CCCN(C(C)c2ccc(SC)cc2)C1. The molecule has 1 aliphatic heterocycles. The van der Waals surface area contributed by atoms with Gasteiger partial charge in [0.05, 0.1) is 0 Å². The van der Waals surface area contributed by atoms with Gasteiger partial charge >= 0.3 is 0 Å². The number of likely N-dealkylation sites (tertiary alicyclic amines) is 1. The van der Waals surface area contributed by atoms with Crippen molar-refractivity contribution >= 4 is 11.8 Å². The second-order valence-corrected chi connectivity index (χ2v) is 5.95. The highest BCUT2D eigenvalue weighted by atomic mass is 32.2. The molecule has 0 aliphatic carbocycles. The highest BCUT2D eigenvalue weighted by molar-refractivity contribution is 7.98. The summed E-state index contributed by atoms with van der Waals surface area (Å²) in [5, 5.41) is 3.41. The molecule has 1 aromatic rings. The maximum absolute atomic E-state index is 3.41. The second kappa shape index (κ2) is 6.60. The van der Waals surface area contributed by atoms with Crippen LogP contribution in [0.1, 0.15) is 31.4 Å². The van der Waals surface area contributed by atoms with E-state index in [1.807, 2.05) is 0 Å². The van der Waals surface area contributed by atoms with Gasteiger partial charge in [-0.2, -0.15) is 0 Å². The van der Waals surface area contributed by atoms with Crippen LogP contribution in [0.15, 0.2) is 29.2 Å². The van der Waals surface area contributed by atoms with Crippen molar-refractivity contribution in [1.29, 1.82) is 0 Å². The molecule has 2 rings (SSSR count). The van der Waals surface area contributed by atoms with Crippen molar-refractivity contribution in [2.75, 3.05) is 26.4 Å². The standard InChI is InChI=1S/C15H24N2S/c1-12(13-6-8-15(18-3)9-7-13)17-10-4-5-14(11-17)16-2/h6-9,12,14,16H,4-5,10-11H2,1-3H3. The number of nitrogens with zero attached hydrogens (tertiary/aromatic N) is 1. The first kappa shape index (κ1) is 13.9. The molecule has 0 amide bonds. The van der Waals surface area contributed by atoms with Gasteiger partial charge in [-0.05, 0) is 57.3 Å². The van der Waals surface area contributed by atoms with Crippen molar-refractivity contribution in [2.24, 2.45) is 0 Å². The summed E-state index contributed by atoms with van der Waals surface area (Å²) in [6.07, 6.45) is 4.74. The zero-order valence-electron chi connectivity index (χ0n) is 11.6. The molecule has 1 saturated heterocycles. The van der Waals surface area contributed by atoms with Crippen molar-refractivity contribution in [1.82, 2.24) is 10.2 Å². The fraction of sp³-hybridized carbons (Fsp3) is 0.600. The molecule has 0 saturated carbocycles. The van der Waals surface area contributed by atoms with E-state index in [0.29, 0.717) is 12.1 Å². The average Bonchev–Trinajstić information content (AvgIpc) is 2.46. The number of hydrogen-bond acceptors (Lipinski definition) is 3. The number of rotatable bonds is 4. The van der Waals surface area contributed by atoms with Crippen molar-refractivity contribution in [3.8, 4) is 0 Å². The largest absolute Gasteiger partial charge is 0.316 e. The first-order chi connectivity index (χ1) is 8.74. The van der Waals surface area contributed by atoms with Gasteiger partial charge in [-0.3, -0.25) is 4.90 Å². The first-order valence-corrected chi connectivity index (χ1v) is 8.02. The summed E-state index contributed by atoms with van der Waals surface area (Å²) in [4.78, 5) is 3.94. The summed E-state index contributed by atoms with van der Waals surface area (Å²) < 4.78 is 0. The Hall–Kier alpha value is -0.510. The lowest BCUT2D eigenvalue weighted by molar-refractivity contribution is 0.149. The molecule has 1 aliphatic rings. The molecular weight excluding hydrogens is 240 g/mol. The van der Waals surface area contributed by atoms with E-state index < -0.39 is 0 Å². The summed E-state index contributed by atoms with van der Waals surface area (Å²) in [5.74, 6) is 0. The molecule has 2 atom stereocenters. The maximum atomic E-state index is 3.41. The molecule has 2 nitrogen and oxygen atoms in total. The Morgan fingerprint density at radius 1 is 1.33 bits per heavy atom. The van der Waals surface area contributed by atoms with E-state index in [1.54, 1.807) is 11.8 Å². The molecule has 2 unspecified atom stereocenters.